The van der Waals surface area contributed by atoms with Crippen molar-refractivity contribution < 1.29 is 23.9 Å². The van der Waals surface area contributed by atoms with Gasteiger partial charge in [0, 0.05) is 5.69 Å². The fourth-order valence-electron chi connectivity index (χ4n) is 2.57. The number of carbonyl (C=O) groups excluding carboxylic acids is 3. The highest BCUT2D eigenvalue weighted by molar-refractivity contribution is 5.94. The van der Waals surface area contributed by atoms with Gasteiger partial charge in [0.05, 0.1) is 11.6 Å². The summed E-state index contributed by atoms with van der Waals surface area (Å²) in [6, 6.07) is 8.21. The number of rotatable bonds is 6. The third-order valence-corrected chi connectivity index (χ3v) is 4.10. The average Bonchev–Trinajstić information content (AvgIpc) is 3.43. The van der Waals surface area contributed by atoms with Crippen molar-refractivity contribution in [2.24, 2.45) is 5.92 Å². The molecular formula is C20H25N3O5. The minimum absolute atomic E-state index is 0.132. The monoisotopic (exact) mass is 387 g/mol. The van der Waals surface area contributed by atoms with E-state index in [1.165, 1.54) is 12.1 Å². The molecule has 1 aliphatic carbocycles. The van der Waals surface area contributed by atoms with Crippen LogP contribution in [0.25, 0.3) is 0 Å². The second-order valence-corrected chi connectivity index (χ2v) is 7.92. The molecule has 1 atom stereocenters. The summed E-state index contributed by atoms with van der Waals surface area (Å²) < 4.78 is 10.2. The Morgan fingerprint density at radius 2 is 1.89 bits per heavy atom. The molecule has 0 bridgehead atoms. The summed E-state index contributed by atoms with van der Waals surface area (Å²) in [6.45, 7) is 6.40. The van der Waals surface area contributed by atoms with Crippen LogP contribution in [0.1, 0.15) is 50.9 Å². The summed E-state index contributed by atoms with van der Waals surface area (Å²) in [4.78, 5) is 36.0. The molecule has 8 heteroatoms. The quantitative estimate of drug-likeness (QED) is 0.725. The second-order valence-electron chi connectivity index (χ2n) is 7.92. The van der Waals surface area contributed by atoms with Gasteiger partial charge in [-0.15, -0.1) is 0 Å². The predicted molar refractivity (Wildman–Crippen MR) is 101 cm³/mol. The van der Waals surface area contributed by atoms with Gasteiger partial charge in [-0.05, 0) is 64.7 Å². The van der Waals surface area contributed by atoms with E-state index >= 15 is 0 Å². The maximum Gasteiger partial charge on any atom is 0.412 e. The van der Waals surface area contributed by atoms with E-state index in [9.17, 15) is 19.6 Å². The molecule has 1 aliphatic rings. The van der Waals surface area contributed by atoms with Crippen molar-refractivity contribution in [2.75, 3.05) is 11.9 Å². The Morgan fingerprint density at radius 3 is 2.46 bits per heavy atom. The van der Waals surface area contributed by atoms with Crippen LogP contribution in [0.4, 0.5) is 10.5 Å². The first kappa shape index (κ1) is 21.2. The van der Waals surface area contributed by atoms with Gasteiger partial charge in [0.2, 0.25) is 0 Å². The molecule has 2 rings (SSSR count). The lowest BCUT2D eigenvalue weighted by Crippen LogP contribution is -2.48. The summed E-state index contributed by atoms with van der Waals surface area (Å²) in [5.41, 5.74) is -1.06. The topological polar surface area (TPSA) is 118 Å². The lowest BCUT2D eigenvalue weighted by atomic mass is 9.98. The number of nitriles is 1. The number of carbonyl (C=O) groups is 3. The summed E-state index contributed by atoms with van der Waals surface area (Å²) in [6.07, 6.45) is 1.14. The number of amides is 2. The lowest BCUT2D eigenvalue weighted by molar-refractivity contribution is -0.125. The van der Waals surface area contributed by atoms with Gasteiger partial charge in [0.1, 0.15) is 11.1 Å². The van der Waals surface area contributed by atoms with Crippen LogP contribution < -0.4 is 10.6 Å². The zero-order chi connectivity index (χ0) is 20.9. The van der Waals surface area contributed by atoms with Crippen molar-refractivity contribution in [2.45, 2.75) is 51.7 Å². The zero-order valence-corrected chi connectivity index (χ0v) is 16.5. The summed E-state index contributed by atoms with van der Waals surface area (Å²) >= 11 is 0. The van der Waals surface area contributed by atoms with Gasteiger partial charge in [-0.3, -0.25) is 10.1 Å². The Morgan fingerprint density at radius 1 is 1.21 bits per heavy atom. The number of esters is 1. The molecule has 1 fully saturated rings. The van der Waals surface area contributed by atoms with E-state index in [4.69, 9.17) is 9.47 Å². The average molecular weight is 387 g/mol. The maximum absolute atomic E-state index is 12.2. The highest BCUT2D eigenvalue weighted by Gasteiger charge is 2.43. The molecule has 0 unspecified atom stereocenters. The fourth-order valence-corrected chi connectivity index (χ4v) is 2.57. The SMILES string of the molecule is CC(C)(C)OC(=O)Nc1cccc(C(=O)OCC(=O)N[C@@](C)(C#N)C2CC2)c1. The van der Waals surface area contributed by atoms with Gasteiger partial charge in [-0.25, -0.2) is 9.59 Å². The summed E-state index contributed by atoms with van der Waals surface area (Å²) in [5.74, 6) is -1.12. The molecule has 1 aromatic rings. The first-order valence-electron chi connectivity index (χ1n) is 9.02. The molecule has 2 N–H and O–H groups in total. The highest BCUT2D eigenvalue weighted by Crippen LogP contribution is 2.39. The Hall–Kier alpha value is -3.08. The normalized spacial score (nSPS) is 15.5. The van der Waals surface area contributed by atoms with Crippen molar-refractivity contribution in [3.05, 3.63) is 29.8 Å². The number of hydrogen-bond donors (Lipinski definition) is 2. The standard InChI is InChI=1S/C20H25N3O5/c1-19(2,3)28-18(26)22-15-7-5-6-13(10-15)17(25)27-11-16(24)23-20(4,12-21)14-8-9-14/h5-7,10,14H,8-9,11H2,1-4H3,(H,22,26)(H,23,24)/t20-/m0/s1. The number of nitrogens with zero attached hydrogens (tertiary/aromatic N) is 1. The maximum atomic E-state index is 12.2. The number of benzene rings is 1. The molecule has 0 radical (unpaired) electrons. The predicted octanol–water partition coefficient (Wildman–Crippen LogP) is 3.00. The lowest BCUT2D eigenvalue weighted by Gasteiger charge is -2.22. The Kier molecular flexibility index (Phi) is 6.29. The molecule has 2 amide bonds. The van der Waals surface area contributed by atoms with Crippen molar-refractivity contribution in [3.63, 3.8) is 0 Å². The van der Waals surface area contributed by atoms with E-state index in [-0.39, 0.29) is 11.5 Å². The van der Waals surface area contributed by atoms with E-state index in [1.54, 1.807) is 39.8 Å². The van der Waals surface area contributed by atoms with Crippen LogP contribution >= 0.6 is 0 Å². The van der Waals surface area contributed by atoms with Crippen molar-refractivity contribution >= 4 is 23.7 Å². The third-order valence-electron chi connectivity index (χ3n) is 4.10. The van der Waals surface area contributed by atoms with Gasteiger partial charge < -0.3 is 14.8 Å². The number of anilines is 1. The molecule has 0 heterocycles. The smallest absolute Gasteiger partial charge is 0.412 e. The van der Waals surface area contributed by atoms with Crippen LogP contribution in [-0.2, 0) is 14.3 Å². The fraction of sp³-hybridized carbons (Fsp3) is 0.500. The van der Waals surface area contributed by atoms with Crippen LogP contribution in [0.5, 0.6) is 0 Å². The molecule has 0 spiro atoms. The van der Waals surface area contributed by atoms with E-state index in [0.29, 0.717) is 5.69 Å². The first-order chi connectivity index (χ1) is 13.0. The molecule has 0 aliphatic heterocycles. The summed E-state index contributed by atoms with van der Waals surface area (Å²) in [5, 5.41) is 14.4. The van der Waals surface area contributed by atoms with Gasteiger partial charge in [-0.1, -0.05) is 6.07 Å². The van der Waals surface area contributed by atoms with Gasteiger partial charge in [0.25, 0.3) is 5.91 Å². The number of ether oxygens (including phenoxy) is 2. The molecule has 150 valence electrons. The van der Waals surface area contributed by atoms with Crippen LogP contribution in [0.3, 0.4) is 0 Å². The van der Waals surface area contributed by atoms with E-state index < -0.39 is 35.7 Å². The van der Waals surface area contributed by atoms with Gasteiger partial charge in [0.15, 0.2) is 6.61 Å². The Bertz CT molecular complexity index is 805. The second kappa shape index (κ2) is 8.30. The number of nitrogens with one attached hydrogen (secondary N) is 2. The number of hydrogen-bond acceptors (Lipinski definition) is 6. The molecule has 0 saturated heterocycles. The van der Waals surface area contributed by atoms with Crippen molar-refractivity contribution in [1.82, 2.24) is 5.32 Å². The molecule has 1 saturated carbocycles. The largest absolute Gasteiger partial charge is 0.452 e. The van der Waals surface area contributed by atoms with Crippen LogP contribution in [0.2, 0.25) is 0 Å². The Balaban J connectivity index is 1.89. The molecular weight excluding hydrogens is 362 g/mol. The van der Waals surface area contributed by atoms with Gasteiger partial charge in [-0.2, -0.15) is 5.26 Å². The van der Waals surface area contributed by atoms with Crippen LogP contribution in [-0.4, -0.2) is 35.7 Å². The Labute approximate surface area is 164 Å². The molecule has 1 aromatic carbocycles. The first-order valence-corrected chi connectivity index (χ1v) is 9.02. The van der Waals surface area contributed by atoms with Gasteiger partial charge >= 0.3 is 12.1 Å². The third kappa shape index (κ3) is 6.27. The minimum Gasteiger partial charge on any atom is -0.452 e. The van der Waals surface area contributed by atoms with Crippen molar-refractivity contribution in [1.29, 1.82) is 5.26 Å². The minimum atomic E-state index is -0.944. The molecule has 0 aromatic heterocycles. The zero-order valence-electron chi connectivity index (χ0n) is 16.5. The van der Waals surface area contributed by atoms with E-state index in [2.05, 4.69) is 16.7 Å². The van der Waals surface area contributed by atoms with E-state index in [1.807, 2.05) is 0 Å². The highest BCUT2D eigenvalue weighted by atomic mass is 16.6. The van der Waals surface area contributed by atoms with Crippen molar-refractivity contribution in [3.8, 4) is 6.07 Å². The molecule has 8 nitrogen and oxygen atoms in total. The summed E-state index contributed by atoms with van der Waals surface area (Å²) in [7, 11) is 0. The van der Waals surface area contributed by atoms with E-state index in [0.717, 1.165) is 12.8 Å². The molecule has 28 heavy (non-hydrogen) atoms. The van der Waals surface area contributed by atoms with Crippen LogP contribution in [0.15, 0.2) is 24.3 Å². The van der Waals surface area contributed by atoms with Crippen LogP contribution in [0, 0.1) is 17.2 Å².